The zero-order valence-corrected chi connectivity index (χ0v) is 14.5. The van der Waals surface area contributed by atoms with Gasteiger partial charge in [-0.25, -0.2) is 9.78 Å². The van der Waals surface area contributed by atoms with Crippen molar-refractivity contribution in [3.05, 3.63) is 45.2 Å². The lowest BCUT2D eigenvalue weighted by Gasteiger charge is -2.35. The Morgan fingerprint density at radius 2 is 2.08 bits per heavy atom. The Morgan fingerprint density at radius 3 is 2.67 bits per heavy atom. The molecule has 0 bridgehead atoms. The lowest BCUT2D eigenvalue weighted by atomic mass is 10.2. The number of carbonyl (C=O) groups is 1. The van der Waals surface area contributed by atoms with Crippen molar-refractivity contribution in [1.29, 1.82) is 5.26 Å². The Kier molecular flexibility index (Phi) is 5.18. The summed E-state index contributed by atoms with van der Waals surface area (Å²) in [6.45, 7) is 3.21. The lowest BCUT2D eigenvalue weighted by Crippen LogP contribution is -2.51. The van der Waals surface area contributed by atoms with Gasteiger partial charge in [0, 0.05) is 37.3 Å². The van der Waals surface area contributed by atoms with Gasteiger partial charge in [0.1, 0.15) is 11.9 Å². The molecule has 0 radical (unpaired) electrons. The summed E-state index contributed by atoms with van der Waals surface area (Å²) in [5.74, 6) is 0.835. The number of halogens is 1. The number of hydrogen-bond donors (Lipinski definition) is 1. The molecule has 2 aromatic heterocycles. The summed E-state index contributed by atoms with van der Waals surface area (Å²) in [6.07, 6.45) is 1.57. The Morgan fingerprint density at radius 1 is 1.29 bits per heavy atom. The Bertz CT molecular complexity index is 747. The van der Waals surface area contributed by atoms with E-state index in [0.717, 1.165) is 28.1 Å². The number of amides is 2. The third kappa shape index (κ3) is 3.96. The molecular formula is C16H16ClN5OS. The highest BCUT2D eigenvalue weighted by Gasteiger charge is 2.21. The van der Waals surface area contributed by atoms with Gasteiger partial charge in [-0.2, -0.15) is 5.26 Å². The number of nitriles is 1. The van der Waals surface area contributed by atoms with Crippen LogP contribution in [0.15, 0.2) is 30.5 Å². The molecule has 1 fully saturated rings. The van der Waals surface area contributed by atoms with E-state index < -0.39 is 0 Å². The van der Waals surface area contributed by atoms with Crippen LogP contribution in [0, 0.1) is 11.3 Å². The summed E-state index contributed by atoms with van der Waals surface area (Å²) in [5.41, 5.74) is 0.547. The molecule has 0 unspecified atom stereocenters. The highest BCUT2D eigenvalue weighted by atomic mass is 35.5. The molecule has 0 saturated carbocycles. The van der Waals surface area contributed by atoms with Crippen LogP contribution in [0.3, 0.4) is 0 Å². The zero-order chi connectivity index (χ0) is 16.9. The van der Waals surface area contributed by atoms with E-state index >= 15 is 0 Å². The van der Waals surface area contributed by atoms with E-state index in [9.17, 15) is 4.79 Å². The van der Waals surface area contributed by atoms with Crippen LogP contribution in [0.4, 0.5) is 10.6 Å². The second-order valence-corrected chi connectivity index (χ2v) is 7.16. The van der Waals surface area contributed by atoms with Gasteiger partial charge < -0.3 is 15.1 Å². The molecule has 0 aliphatic carbocycles. The van der Waals surface area contributed by atoms with Crippen molar-refractivity contribution in [3.8, 4) is 6.07 Å². The van der Waals surface area contributed by atoms with E-state index in [1.54, 1.807) is 17.2 Å². The predicted molar refractivity (Wildman–Crippen MR) is 94.3 cm³/mol. The minimum atomic E-state index is -0.0630. The number of pyridine rings is 1. The number of anilines is 1. The fourth-order valence-electron chi connectivity index (χ4n) is 2.50. The maximum atomic E-state index is 12.2. The van der Waals surface area contributed by atoms with Gasteiger partial charge in [-0.05, 0) is 24.3 Å². The molecule has 1 aliphatic heterocycles. The third-order valence-electron chi connectivity index (χ3n) is 3.81. The normalized spacial score (nSPS) is 14.3. The Balaban J connectivity index is 1.48. The number of rotatable bonds is 3. The van der Waals surface area contributed by atoms with Crippen LogP contribution in [-0.4, -0.2) is 42.1 Å². The fourth-order valence-corrected chi connectivity index (χ4v) is 3.53. The van der Waals surface area contributed by atoms with Gasteiger partial charge in [-0.3, -0.25) is 0 Å². The van der Waals surface area contributed by atoms with Crippen LogP contribution >= 0.6 is 22.9 Å². The van der Waals surface area contributed by atoms with Crippen molar-refractivity contribution in [2.75, 3.05) is 31.1 Å². The van der Waals surface area contributed by atoms with Crippen molar-refractivity contribution in [3.63, 3.8) is 0 Å². The molecule has 2 aromatic rings. The van der Waals surface area contributed by atoms with Crippen molar-refractivity contribution >= 4 is 34.8 Å². The largest absolute Gasteiger partial charge is 0.353 e. The van der Waals surface area contributed by atoms with Crippen LogP contribution in [-0.2, 0) is 6.54 Å². The van der Waals surface area contributed by atoms with E-state index in [1.807, 2.05) is 18.2 Å². The van der Waals surface area contributed by atoms with Crippen molar-refractivity contribution in [2.45, 2.75) is 6.54 Å². The van der Waals surface area contributed by atoms with E-state index in [-0.39, 0.29) is 6.03 Å². The van der Waals surface area contributed by atoms with Crippen LogP contribution in [0.2, 0.25) is 4.34 Å². The van der Waals surface area contributed by atoms with E-state index in [2.05, 4.69) is 21.3 Å². The first-order chi connectivity index (χ1) is 11.7. The number of carbonyl (C=O) groups excluding carboxylic acids is 1. The molecule has 0 aromatic carbocycles. The number of hydrogen-bond acceptors (Lipinski definition) is 5. The molecule has 1 aliphatic rings. The summed E-state index contributed by atoms with van der Waals surface area (Å²) in [7, 11) is 0. The first kappa shape index (κ1) is 16.6. The number of nitrogens with zero attached hydrogens (tertiary/aromatic N) is 4. The molecule has 24 heavy (non-hydrogen) atoms. The average molecular weight is 362 g/mol. The molecule has 3 rings (SSSR count). The van der Waals surface area contributed by atoms with Gasteiger partial charge in [0.2, 0.25) is 0 Å². The van der Waals surface area contributed by atoms with E-state index in [0.29, 0.717) is 25.2 Å². The molecule has 2 amide bonds. The quantitative estimate of drug-likeness (QED) is 0.912. The third-order valence-corrected chi connectivity index (χ3v) is 5.04. The Labute approximate surface area is 149 Å². The van der Waals surface area contributed by atoms with Gasteiger partial charge in [-0.1, -0.05) is 11.6 Å². The summed E-state index contributed by atoms with van der Waals surface area (Å²) in [5, 5.41) is 11.7. The fraction of sp³-hybridized carbons (Fsp3) is 0.312. The number of urea groups is 1. The summed E-state index contributed by atoms with van der Waals surface area (Å²) in [4.78, 5) is 21.5. The molecule has 6 nitrogen and oxygen atoms in total. The number of thiophene rings is 1. The van der Waals surface area contributed by atoms with Gasteiger partial charge in [0.15, 0.2) is 0 Å². The smallest absolute Gasteiger partial charge is 0.317 e. The van der Waals surface area contributed by atoms with Crippen LogP contribution in [0.1, 0.15) is 10.4 Å². The minimum absolute atomic E-state index is 0.0630. The topological polar surface area (TPSA) is 72.3 Å². The number of piperazine rings is 1. The monoisotopic (exact) mass is 361 g/mol. The maximum absolute atomic E-state index is 12.2. The van der Waals surface area contributed by atoms with Gasteiger partial charge in [-0.15, -0.1) is 11.3 Å². The zero-order valence-electron chi connectivity index (χ0n) is 12.9. The van der Waals surface area contributed by atoms with Crippen molar-refractivity contribution < 1.29 is 4.79 Å². The molecule has 124 valence electrons. The lowest BCUT2D eigenvalue weighted by molar-refractivity contribution is 0.194. The SMILES string of the molecule is N#Cc1ccc(N2CCN(C(=O)NCc3ccc(Cl)s3)CC2)nc1. The predicted octanol–water partition coefficient (Wildman–Crippen LogP) is 2.70. The molecule has 1 saturated heterocycles. The van der Waals surface area contributed by atoms with Crippen LogP contribution < -0.4 is 10.2 Å². The van der Waals surface area contributed by atoms with Crippen LogP contribution in [0.5, 0.6) is 0 Å². The molecule has 0 spiro atoms. The van der Waals surface area contributed by atoms with Crippen LogP contribution in [0.25, 0.3) is 0 Å². The van der Waals surface area contributed by atoms with E-state index in [4.69, 9.17) is 16.9 Å². The first-order valence-electron chi connectivity index (χ1n) is 7.54. The highest BCUT2D eigenvalue weighted by molar-refractivity contribution is 7.16. The molecule has 3 heterocycles. The van der Waals surface area contributed by atoms with E-state index in [1.165, 1.54) is 11.3 Å². The summed E-state index contributed by atoms with van der Waals surface area (Å²) in [6, 6.07) is 9.34. The molecule has 1 N–H and O–H groups in total. The standard InChI is InChI=1S/C16H16ClN5OS/c17-14-3-2-13(24-14)11-20-16(23)22-7-5-21(6-8-22)15-4-1-12(9-18)10-19-15/h1-4,10H,5-8,11H2,(H,20,23). The first-order valence-corrected chi connectivity index (χ1v) is 8.73. The van der Waals surface area contributed by atoms with Crippen molar-refractivity contribution in [2.24, 2.45) is 0 Å². The molecular weight excluding hydrogens is 346 g/mol. The second kappa shape index (κ2) is 7.51. The molecule has 8 heteroatoms. The van der Waals surface area contributed by atoms with Crippen molar-refractivity contribution in [1.82, 2.24) is 15.2 Å². The van der Waals surface area contributed by atoms with Gasteiger partial charge >= 0.3 is 6.03 Å². The summed E-state index contributed by atoms with van der Waals surface area (Å²) < 4.78 is 0.725. The summed E-state index contributed by atoms with van der Waals surface area (Å²) >= 11 is 7.35. The Hall–Kier alpha value is -2.30. The van der Waals surface area contributed by atoms with Gasteiger partial charge in [0.25, 0.3) is 0 Å². The average Bonchev–Trinajstić information content (AvgIpc) is 3.05. The minimum Gasteiger partial charge on any atom is -0.353 e. The molecule has 0 atom stereocenters. The second-order valence-electron chi connectivity index (χ2n) is 5.36. The van der Waals surface area contributed by atoms with Gasteiger partial charge in [0.05, 0.1) is 16.4 Å². The highest BCUT2D eigenvalue weighted by Crippen LogP contribution is 2.21. The number of aromatic nitrogens is 1. The maximum Gasteiger partial charge on any atom is 0.317 e. The number of nitrogens with one attached hydrogen (secondary N) is 1.